The SMILES string of the molecule is O=C(Nc1cccc(OCC(F)(F)F)c1)c1ccc(S(=O)(=O)Nc2ccccc2F)cc1. The van der Waals surface area contributed by atoms with Crippen molar-refractivity contribution in [2.45, 2.75) is 11.1 Å². The minimum atomic E-state index is -4.50. The molecule has 0 fully saturated rings. The highest BCUT2D eigenvalue weighted by Gasteiger charge is 2.28. The van der Waals surface area contributed by atoms with E-state index in [0.717, 1.165) is 6.07 Å². The monoisotopic (exact) mass is 468 g/mol. The maximum absolute atomic E-state index is 13.7. The van der Waals surface area contributed by atoms with Gasteiger partial charge in [0.1, 0.15) is 11.6 Å². The van der Waals surface area contributed by atoms with Crippen LogP contribution in [0.15, 0.2) is 77.7 Å². The third-order valence-electron chi connectivity index (χ3n) is 4.04. The molecule has 168 valence electrons. The van der Waals surface area contributed by atoms with Gasteiger partial charge in [-0.1, -0.05) is 18.2 Å². The van der Waals surface area contributed by atoms with E-state index >= 15 is 0 Å². The number of para-hydroxylation sites is 1. The summed E-state index contributed by atoms with van der Waals surface area (Å²) < 4.78 is 82.1. The van der Waals surface area contributed by atoms with Gasteiger partial charge in [-0.15, -0.1) is 0 Å². The lowest BCUT2D eigenvalue weighted by Crippen LogP contribution is -2.19. The number of sulfonamides is 1. The van der Waals surface area contributed by atoms with Crippen molar-refractivity contribution in [2.24, 2.45) is 0 Å². The Labute approximate surface area is 180 Å². The number of carbonyl (C=O) groups excluding carboxylic acids is 1. The Morgan fingerprint density at radius 2 is 1.62 bits per heavy atom. The molecule has 0 aliphatic carbocycles. The molecule has 6 nitrogen and oxygen atoms in total. The fourth-order valence-corrected chi connectivity index (χ4v) is 3.63. The van der Waals surface area contributed by atoms with Crippen LogP contribution in [-0.4, -0.2) is 27.1 Å². The highest BCUT2D eigenvalue weighted by molar-refractivity contribution is 7.92. The topological polar surface area (TPSA) is 84.5 Å². The van der Waals surface area contributed by atoms with E-state index in [0.29, 0.717) is 0 Å². The first-order valence-electron chi connectivity index (χ1n) is 9.02. The number of amides is 1. The van der Waals surface area contributed by atoms with Crippen molar-refractivity contribution in [3.05, 3.63) is 84.2 Å². The lowest BCUT2D eigenvalue weighted by atomic mass is 10.2. The number of nitrogens with one attached hydrogen (secondary N) is 2. The maximum atomic E-state index is 13.7. The van der Waals surface area contributed by atoms with Gasteiger partial charge in [0.2, 0.25) is 0 Å². The quantitative estimate of drug-likeness (QED) is 0.487. The summed E-state index contributed by atoms with van der Waals surface area (Å²) in [6.45, 7) is -1.47. The normalized spacial score (nSPS) is 11.6. The molecule has 0 aliphatic heterocycles. The number of anilines is 2. The fraction of sp³-hybridized carbons (Fsp3) is 0.0952. The van der Waals surface area contributed by atoms with Crippen LogP contribution in [0.1, 0.15) is 10.4 Å². The summed E-state index contributed by atoms with van der Waals surface area (Å²) in [4.78, 5) is 12.2. The summed E-state index contributed by atoms with van der Waals surface area (Å²) in [7, 11) is -4.09. The molecule has 0 saturated heterocycles. The number of hydrogen-bond acceptors (Lipinski definition) is 4. The van der Waals surface area contributed by atoms with E-state index in [-0.39, 0.29) is 27.6 Å². The van der Waals surface area contributed by atoms with Crippen molar-refractivity contribution in [3.8, 4) is 5.75 Å². The zero-order valence-corrected chi connectivity index (χ0v) is 17.0. The van der Waals surface area contributed by atoms with E-state index in [9.17, 15) is 30.8 Å². The molecular formula is C21H16F4N2O4S. The van der Waals surface area contributed by atoms with Gasteiger partial charge in [-0.25, -0.2) is 12.8 Å². The van der Waals surface area contributed by atoms with E-state index < -0.39 is 34.5 Å². The molecule has 1 amide bonds. The average molecular weight is 468 g/mol. The highest BCUT2D eigenvalue weighted by Crippen LogP contribution is 2.23. The molecule has 3 aromatic rings. The molecule has 0 radical (unpaired) electrons. The Morgan fingerprint density at radius 1 is 0.938 bits per heavy atom. The number of ether oxygens (including phenoxy) is 1. The Hall–Kier alpha value is -3.60. The van der Waals surface area contributed by atoms with Gasteiger partial charge in [0.15, 0.2) is 6.61 Å². The lowest BCUT2D eigenvalue weighted by molar-refractivity contribution is -0.153. The molecule has 0 unspecified atom stereocenters. The summed E-state index contributed by atoms with van der Waals surface area (Å²) >= 11 is 0. The largest absolute Gasteiger partial charge is 0.484 e. The van der Waals surface area contributed by atoms with Gasteiger partial charge in [0, 0.05) is 17.3 Å². The molecule has 0 spiro atoms. The van der Waals surface area contributed by atoms with Gasteiger partial charge in [-0.3, -0.25) is 9.52 Å². The zero-order chi connectivity index (χ0) is 23.4. The first-order chi connectivity index (χ1) is 15.0. The van der Waals surface area contributed by atoms with E-state index in [1.54, 1.807) is 0 Å². The lowest BCUT2D eigenvalue weighted by Gasteiger charge is -2.11. The van der Waals surface area contributed by atoms with Crippen LogP contribution in [0.2, 0.25) is 0 Å². The second-order valence-corrected chi connectivity index (χ2v) is 8.18. The predicted octanol–water partition coefficient (Wildman–Crippen LogP) is 4.82. The van der Waals surface area contributed by atoms with E-state index in [1.807, 2.05) is 0 Å². The molecule has 0 saturated carbocycles. The highest BCUT2D eigenvalue weighted by atomic mass is 32.2. The van der Waals surface area contributed by atoms with Gasteiger partial charge >= 0.3 is 6.18 Å². The second kappa shape index (κ2) is 9.27. The van der Waals surface area contributed by atoms with Gasteiger partial charge < -0.3 is 10.1 Å². The van der Waals surface area contributed by atoms with Gasteiger partial charge in [-0.05, 0) is 48.5 Å². The van der Waals surface area contributed by atoms with Crippen LogP contribution in [0.3, 0.4) is 0 Å². The standard InChI is InChI=1S/C21H16F4N2O4S/c22-18-6-1-2-7-19(18)27-32(29,30)17-10-8-14(9-11-17)20(28)26-15-4-3-5-16(12-15)31-13-21(23,24)25/h1-12,27H,13H2,(H,26,28). The molecule has 11 heteroatoms. The molecule has 0 bridgehead atoms. The Kier molecular flexibility index (Phi) is 6.68. The molecule has 3 aromatic carbocycles. The molecule has 0 heterocycles. The smallest absolute Gasteiger partial charge is 0.422 e. The second-order valence-electron chi connectivity index (χ2n) is 6.50. The molecular weight excluding hydrogens is 452 g/mol. The molecule has 3 rings (SSSR count). The predicted molar refractivity (Wildman–Crippen MR) is 110 cm³/mol. The molecule has 0 aliphatic rings. The minimum absolute atomic E-state index is 0.0826. The third kappa shape index (κ3) is 6.20. The Balaban J connectivity index is 1.68. The molecule has 0 atom stereocenters. The van der Waals surface area contributed by atoms with Crippen LogP contribution in [0.25, 0.3) is 0 Å². The Bertz CT molecular complexity index is 1210. The zero-order valence-electron chi connectivity index (χ0n) is 16.2. The Morgan fingerprint density at radius 3 is 2.28 bits per heavy atom. The van der Waals surface area contributed by atoms with Crippen LogP contribution >= 0.6 is 0 Å². The van der Waals surface area contributed by atoms with E-state index in [1.165, 1.54) is 66.7 Å². The van der Waals surface area contributed by atoms with Crippen molar-refractivity contribution >= 4 is 27.3 Å². The van der Waals surface area contributed by atoms with Crippen LogP contribution in [-0.2, 0) is 10.0 Å². The fourth-order valence-electron chi connectivity index (χ4n) is 2.57. The van der Waals surface area contributed by atoms with Crippen LogP contribution in [0, 0.1) is 5.82 Å². The van der Waals surface area contributed by atoms with Crippen molar-refractivity contribution in [1.29, 1.82) is 0 Å². The van der Waals surface area contributed by atoms with E-state index in [2.05, 4.69) is 14.8 Å². The van der Waals surface area contributed by atoms with Crippen LogP contribution < -0.4 is 14.8 Å². The first-order valence-corrected chi connectivity index (χ1v) is 10.5. The number of rotatable bonds is 7. The maximum Gasteiger partial charge on any atom is 0.422 e. The van der Waals surface area contributed by atoms with Crippen LogP contribution in [0.5, 0.6) is 5.75 Å². The summed E-state index contributed by atoms with van der Waals surface area (Å²) in [5.74, 6) is -1.45. The number of alkyl halides is 3. The minimum Gasteiger partial charge on any atom is -0.484 e. The summed E-state index contributed by atoms with van der Waals surface area (Å²) in [6.07, 6.45) is -4.50. The number of benzene rings is 3. The third-order valence-corrected chi connectivity index (χ3v) is 5.42. The van der Waals surface area contributed by atoms with Crippen molar-refractivity contribution in [3.63, 3.8) is 0 Å². The van der Waals surface area contributed by atoms with Crippen molar-refractivity contribution < 1.29 is 35.5 Å². The van der Waals surface area contributed by atoms with Crippen LogP contribution in [0.4, 0.5) is 28.9 Å². The van der Waals surface area contributed by atoms with Gasteiger partial charge in [0.25, 0.3) is 15.9 Å². The number of carbonyl (C=O) groups is 1. The summed E-state index contributed by atoms with van der Waals surface area (Å²) in [5.41, 5.74) is 0.0611. The summed E-state index contributed by atoms with van der Waals surface area (Å²) in [6, 6.07) is 15.5. The number of halogens is 4. The van der Waals surface area contributed by atoms with Crippen molar-refractivity contribution in [2.75, 3.05) is 16.6 Å². The molecule has 32 heavy (non-hydrogen) atoms. The summed E-state index contributed by atoms with van der Waals surface area (Å²) in [5, 5.41) is 2.49. The number of hydrogen-bond donors (Lipinski definition) is 2. The first kappa shape index (κ1) is 23.1. The molecule has 2 N–H and O–H groups in total. The van der Waals surface area contributed by atoms with E-state index in [4.69, 9.17) is 0 Å². The van der Waals surface area contributed by atoms with Gasteiger partial charge in [-0.2, -0.15) is 13.2 Å². The average Bonchev–Trinajstić information content (AvgIpc) is 2.74. The molecule has 0 aromatic heterocycles. The van der Waals surface area contributed by atoms with Crippen molar-refractivity contribution in [1.82, 2.24) is 0 Å². The van der Waals surface area contributed by atoms with Gasteiger partial charge in [0.05, 0.1) is 10.6 Å².